The maximum absolute atomic E-state index is 10.3. The van der Waals surface area contributed by atoms with Crippen LogP contribution in [-0.4, -0.2) is 33.5 Å². The highest BCUT2D eigenvalue weighted by molar-refractivity contribution is 6.35. The van der Waals surface area contributed by atoms with Gasteiger partial charge in [-0.25, -0.2) is 4.79 Å². The Morgan fingerprint density at radius 1 is 1.36 bits per heavy atom. The summed E-state index contributed by atoms with van der Waals surface area (Å²) in [6.07, 6.45) is 1.56. The maximum Gasteiger partial charge on any atom is 0.353 e. The molecule has 0 aromatic carbocycles. The Labute approximate surface area is 80.2 Å². The third-order valence-corrected chi connectivity index (χ3v) is 1.62. The molecule has 14 heavy (non-hydrogen) atoms. The van der Waals surface area contributed by atoms with E-state index in [4.69, 9.17) is 10.3 Å². The van der Waals surface area contributed by atoms with Crippen LogP contribution in [0.15, 0.2) is 5.16 Å². The minimum atomic E-state index is -1.26. The largest absolute Gasteiger partial charge is 0.477 e. The summed E-state index contributed by atoms with van der Waals surface area (Å²) < 4.78 is 0. The van der Waals surface area contributed by atoms with Crippen LogP contribution in [0.4, 0.5) is 0 Å². The van der Waals surface area contributed by atoms with E-state index in [1.54, 1.807) is 0 Å². The molecule has 0 spiro atoms. The first-order valence-corrected chi connectivity index (χ1v) is 4.14. The molecule has 0 aromatic heterocycles. The van der Waals surface area contributed by atoms with Crippen molar-refractivity contribution in [3.63, 3.8) is 0 Å². The van der Waals surface area contributed by atoms with Crippen LogP contribution in [0.3, 0.4) is 0 Å². The van der Waals surface area contributed by atoms with Crippen LogP contribution < -0.4 is 0 Å². The molecule has 7 nitrogen and oxygen atoms in total. The zero-order valence-corrected chi connectivity index (χ0v) is 7.55. The number of rotatable bonds is 7. The number of nitro groups is 1. The van der Waals surface area contributed by atoms with Crippen LogP contribution in [0.25, 0.3) is 0 Å². The van der Waals surface area contributed by atoms with Crippen molar-refractivity contribution in [1.29, 1.82) is 0 Å². The van der Waals surface area contributed by atoms with Crippen molar-refractivity contribution >= 4 is 11.7 Å². The van der Waals surface area contributed by atoms with E-state index >= 15 is 0 Å². The van der Waals surface area contributed by atoms with Crippen LogP contribution in [0.2, 0.25) is 0 Å². The van der Waals surface area contributed by atoms with Gasteiger partial charge in [-0.3, -0.25) is 10.1 Å². The molecule has 0 amide bonds. The molecule has 0 rings (SSSR count). The Bertz CT molecular complexity index is 238. The Balaban J connectivity index is 3.53. The van der Waals surface area contributed by atoms with Gasteiger partial charge in [0.25, 0.3) is 0 Å². The monoisotopic (exact) mass is 204 g/mol. The van der Waals surface area contributed by atoms with Crippen LogP contribution in [0.5, 0.6) is 0 Å². The number of aliphatic carboxylic acids is 1. The summed E-state index contributed by atoms with van der Waals surface area (Å²) >= 11 is 0. The number of oxime groups is 1. The lowest BCUT2D eigenvalue weighted by atomic mass is 10.1. The molecule has 0 aromatic rings. The van der Waals surface area contributed by atoms with Crippen molar-refractivity contribution < 1.29 is 20.0 Å². The first-order chi connectivity index (χ1) is 6.57. The van der Waals surface area contributed by atoms with Gasteiger partial charge in [-0.15, -0.1) is 0 Å². The molecular formula is C7H12N2O5. The smallest absolute Gasteiger partial charge is 0.353 e. The molecule has 0 aliphatic heterocycles. The van der Waals surface area contributed by atoms with Crippen LogP contribution >= 0.6 is 0 Å². The van der Waals surface area contributed by atoms with Crippen molar-refractivity contribution in [3.05, 3.63) is 10.1 Å². The third kappa shape index (κ3) is 5.92. The number of unbranched alkanes of at least 4 members (excludes halogenated alkanes) is 2. The van der Waals surface area contributed by atoms with Gasteiger partial charge < -0.3 is 10.3 Å². The Morgan fingerprint density at radius 2 is 2.00 bits per heavy atom. The van der Waals surface area contributed by atoms with E-state index < -0.39 is 10.9 Å². The van der Waals surface area contributed by atoms with Gasteiger partial charge in [0, 0.05) is 17.8 Å². The van der Waals surface area contributed by atoms with Crippen LogP contribution in [0.1, 0.15) is 25.7 Å². The van der Waals surface area contributed by atoms with E-state index in [9.17, 15) is 14.9 Å². The molecule has 0 aliphatic carbocycles. The summed E-state index contributed by atoms with van der Waals surface area (Å²) in [6, 6.07) is 0. The average molecular weight is 204 g/mol. The molecule has 80 valence electrons. The quantitative estimate of drug-likeness (QED) is 0.209. The van der Waals surface area contributed by atoms with E-state index in [1.165, 1.54) is 0 Å². The summed E-state index contributed by atoms with van der Waals surface area (Å²) in [5.74, 6) is -1.26. The molecule has 2 N–H and O–H groups in total. The molecule has 7 heteroatoms. The second kappa shape index (κ2) is 6.81. The van der Waals surface area contributed by atoms with Gasteiger partial charge >= 0.3 is 5.97 Å². The van der Waals surface area contributed by atoms with Gasteiger partial charge in [0.05, 0.1) is 0 Å². The van der Waals surface area contributed by atoms with E-state index in [2.05, 4.69) is 5.16 Å². The summed E-state index contributed by atoms with van der Waals surface area (Å²) in [6.45, 7) is -0.112. The SMILES string of the molecule is O=C(O)C(CCCCC[N+](=O)[O-])=NO. The predicted octanol–water partition coefficient (Wildman–Crippen LogP) is 0.738. The normalized spacial score (nSPS) is 11.3. The molecule has 0 saturated heterocycles. The number of hydrogen-bond acceptors (Lipinski definition) is 5. The number of carboxylic acids is 1. The van der Waals surface area contributed by atoms with Crippen molar-refractivity contribution in [2.75, 3.05) is 6.54 Å². The highest BCUT2D eigenvalue weighted by atomic mass is 16.6. The zero-order valence-electron chi connectivity index (χ0n) is 7.55. The Kier molecular flexibility index (Phi) is 6.01. The van der Waals surface area contributed by atoms with Gasteiger partial charge in [0.2, 0.25) is 6.54 Å². The number of nitrogens with zero attached hydrogens (tertiary/aromatic N) is 2. The van der Waals surface area contributed by atoms with Crippen molar-refractivity contribution in [2.45, 2.75) is 25.7 Å². The summed E-state index contributed by atoms with van der Waals surface area (Å²) in [4.78, 5) is 19.8. The van der Waals surface area contributed by atoms with Gasteiger partial charge in [-0.2, -0.15) is 0 Å². The molecule has 0 fully saturated rings. The fraction of sp³-hybridized carbons (Fsp3) is 0.714. The van der Waals surface area contributed by atoms with E-state index in [0.717, 1.165) is 0 Å². The van der Waals surface area contributed by atoms with Crippen molar-refractivity contribution in [3.8, 4) is 0 Å². The molecule has 0 unspecified atom stereocenters. The molecule has 0 radical (unpaired) electrons. The fourth-order valence-corrected chi connectivity index (χ4v) is 0.910. The van der Waals surface area contributed by atoms with E-state index in [1.807, 2.05) is 0 Å². The first-order valence-electron chi connectivity index (χ1n) is 4.14. The second-order valence-electron chi connectivity index (χ2n) is 2.72. The molecule has 0 heterocycles. The average Bonchev–Trinajstić information content (AvgIpc) is 2.10. The number of hydrogen-bond donors (Lipinski definition) is 2. The third-order valence-electron chi connectivity index (χ3n) is 1.62. The standard InChI is InChI=1S/C7H12N2O5/c10-7(11)6(8-12)4-2-1-3-5-9(13)14/h12H,1-5H2,(H,10,11). The predicted molar refractivity (Wildman–Crippen MR) is 47.2 cm³/mol. The van der Waals surface area contributed by atoms with Crippen molar-refractivity contribution in [2.24, 2.45) is 5.16 Å². The summed E-state index contributed by atoms with van der Waals surface area (Å²) in [7, 11) is 0. The molecule has 0 aliphatic rings. The molecule has 0 bridgehead atoms. The topological polar surface area (TPSA) is 113 Å². The van der Waals surface area contributed by atoms with Crippen LogP contribution in [0, 0.1) is 10.1 Å². The summed E-state index contributed by atoms with van der Waals surface area (Å²) in [5.41, 5.74) is -0.314. The Hall–Kier alpha value is -1.66. The van der Waals surface area contributed by atoms with Gasteiger partial charge in [0.1, 0.15) is 0 Å². The van der Waals surface area contributed by atoms with Crippen LogP contribution in [-0.2, 0) is 4.79 Å². The number of carbonyl (C=O) groups is 1. The minimum Gasteiger partial charge on any atom is -0.477 e. The van der Waals surface area contributed by atoms with Gasteiger partial charge in [0.15, 0.2) is 5.71 Å². The first kappa shape index (κ1) is 12.3. The van der Waals surface area contributed by atoms with Gasteiger partial charge in [-0.05, 0) is 12.8 Å². The molecule has 0 atom stereocenters. The lowest BCUT2D eigenvalue weighted by molar-refractivity contribution is -0.480. The maximum atomic E-state index is 10.3. The second-order valence-corrected chi connectivity index (χ2v) is 2.72. The minimum absolute atomic E-state index is 0.112. The molecular weight excluding hydrogens is 192 g/mol. The highest BCUT2D eigenvalue weighted by Crippen LogP contribution is 2.01. The zero-order chi connectivity index (χ0) is 11.0. The van der Waals surface area contributed by atoms with Gasteiger partial charge in [-0.1, -0.05) is 5.16 Å². The molecule has 0 saturated carbocycles. The van der Waals surface area contributed by atoms with Crippen molar-refractivity contribution in [1.82, 2.24) is 0 Å². The van der Waals surface area contributed by atoms with E-state index in [-0.39, 0.29) is 18.7 Å². The Morgan fingerprint density at radius 3 is 2.43 bits per heavy atom. The lowest BCUT2D eigenvalue weighted by Gasteiger charge is -1.97. The fourth-order valence-electron chi connectivity index (χ4n) is 0.910. The summed E-state index contributed by atoms with van der Waals surface area (Å²) in [5, 5.41) is 29.2. The van der Waals surface area contributed by atoms with E-state index in [0.29, 0.717) is 19.3 Å². The highest BCUT2D eigenvalue weighted by Gasteiger charge is 2.09. The lowest BCUT2D eigenvalue weighted by Crippen LogP contribution is -2.12. The number of carboxylic acid groups (broad SMARTS) is 1.